The van der Waals surface area contributed by atoms with E-state index in [1.807, 2.05) is 0 Å². The number of nitrogens with zero attached hydrogens (tertiary/aromatic N) is 1. The first-order valence-corrected chi connectivity index (χ1v) is 4.35. The van der Waals surface area contributed by atoms with Crippen molar-refractivity contribution >= 4 is 5.91 Å². The predicted octanol–water partition coefficient (Wildman–Crippen LogP) is 1.90. The molecular weight excluding hydrogens is 221 g/mol. The lowest BCUT2D eigenvalue weighted by Gasteiger charge is -2.11. The Labute approximate surface area is 90.0 Å². The van der Waals surface area contributed by atoms with Gasteiger partial charge >= 0.3 is 6.18 Å². The third-order valence-corrected chi connectivity index (χ3v) is 1.85. The van der Waals surface area contributed by atoms with E-state index in [1.165, 1.54) is 0 Å². The SMILES string of the molecule is C=CC(=O)NCc1cnccc1C(F)(F)F. The van der Waals surface area contributed by atoms with E-state index in [9.17, 15) is 18.0 Å². The van der Waals surface area contributed by atoms with Crippen molar-refractivity contribution < 1.29 is 18.0 Å². The fourth-order valence-corrected chi connectivity index (χ4v) is 1.10. The van der Waals surface area contributed by atoms with Crippen molar-refractivity contribution in [3.63, 3.8) is 0 Å². The van der Waals surface area contributed by atoms with Gasteiger partial charge in [0.25, 0.3) is 0 Å². The van der Waals surface area contributed by atoms with Crippen LogP contribution in [0.25, 0.3) is 0 Å². The maximum atomic E-state index is 12.5. The summed E-state index contributed by atoms with van der Waals surface area (Å²) in [5, 5.41) is 2.26. The van der Waals surface area contributed by atoms with Crippen molar-refractivity contribution in [2.45, 2.75) is 12.7 Å². The molecule has 1 N–H and O–H groups in total. The molecule has 0 unspecified atom stereocenters. The van der Waals surface area contributed by atoms with Crippen LogP contribution in [0.15, 0.2) is 31.1 Å². The molecule has 1 heterocycles. The Morgan fingerprint density at radius 3 is 2.81 bits per heavy atom. The third kappa shape index (κ3) is 3.08. The van der Waals surface area contributed by atoms with Crippen molar-refractivity contribution in [1.29, 1.82) is 0 Å². The second-order valence-electron chi connectivity index (χ2n) is 2.95. The van der Waals surface area contributed by atoms with Gasteiger partial charge < -0.3 is 5.32 Å². The Balaban J connectivity index is 2.87. The lowest BCUT2D eigenvalue weighted by Crippen LogP contribution is -2.22. The Morgan fingerprint density at radius 2 is 2.25 bits per heavy atom. The number of hydrogen-bond donors (Lipinski definition) is 1. The van der Waals surface area contributed by atoms with E-state index in [2.05, 4.69) is 16.9 Å². The van der Waals surface area contributed by atoms with Crippen LogP contribution in [0.3, 0.4) is 0 Å². The normalized spacial score (nSPS) is 10.9. The lowest BCUT2D eigenvalue weighted by atomic mass is 10.1. The molecule has 0 saturated heterocycles. The first kappa shape index (κ1) is 12.2. The van der Waals surface area contributed by atoms with Crippen LogP contribution in [0.1, 0.15) is 11.1 Å². The monoisotopic (exact) mass is 230 g/mol. The number of nitrogens with one attached hydrogen (secondary N) is 1. The first-order valence-electron chi connectivity index (χ1n) is 4.35. The summed E-state index contributed by atoms with van der Waals surface area (Å²) in [6.45, 7) is 2.97. The average Bonchev–Trinajstić information content (AvgIpc) is 2.25. The van der Waals surface area contributed by atoms with Gasteiger partial charge in [-0.15, -0.1) is 0 Å². The molecule has 0 fully saturated rings. The van der Waals surface area contributed by atoms with Gasteiger partial charge in [0.15, 0.2) is 0 Å². The van der Waals surface area contributed by atoms with Crippen molar-refractivity contribution in [2.24, 2.45) is 0 Å². The first-order chi connectivity index (χ1) is 7.45. The maximum Gasteiger partial charge on any atom is 0.416 e. The van der Waals surface area contributed by atoms with Gasteiger partial charge in [-0.3, -0.25) is 9.78 Å². The van der Waals surface area contributed by atoms with Gasteiger partial charge in [0.05, 0.1) is 5.56 Å². The van der Waals surface area contributed by atoms with Gasteiger partial charge in [0.2, 0.25) is 5.91 Å². The molecule has 0 aliphatic rings. The summed E-state index contributed by atoms with van der Waals surface area (Å²) in [7, 11) is 0. The molecule has 16 heavy (non-hydrogen) atoms. The summed E-state index contributed by atoms with van der Waals surface area (Å²) in [6.07, 6.45) is -1.32. The topological polar surface area (TPSA) is 42.0 Å². The van der Waals surface area contributed by atoms with Crippen LogP contribution in [0.4, 0.5) is 13.2 Å². The summed E-state index contributed by atoms with van der Waals surface area (Å²) in [4.78, 5) is 14.4. The smallest absolute Gasteiger partial charge is 0.348 e. The number of alkyl halides is 3. The van der Waals surface area contributed by atoms with Gasteiger partial charge in [0, 0.05) is 24.5 Å². The minimum Gasteiger partial charge on any atom is -0.348 e. The standard InChI is InChI=1S/C10H9F3N2O/c1-2-9(16)15-6-7-5-14-4-3-8(7)10(11,12)13/h2-5H,1,6H2,(H,15,16). The number of hydrogen-bond acceptors (Lipinski definition) is 2. The molecule has 0 aromatic carbocycles. The van der Waals surface area contributed by atoms with E-state index >= 15 is 0 Å². The van der Waals surface area contributed by atoms with Gasteiger partial charge in [-0.2, -0.15) is 13.2 Å². The van der Waals surface area contributed by atoms with Crippen molar-refractivity contribution in [3.8, 4) is 0 Å². The summed E-state index contributed by atoms with van der Waals surface area (Å²) in [6, 6.07) is 0.870. The van der Waals surface area contributed by atoms with Crippen molar-refractivity contribution in [1.82, 2.24) is 10.3 Å². The molecule has 1 rings (SSSR count). The molecule has 0 saturated carbocycles. The largest absolute Gasteiger partial charge is 0.416 e. The van der Waals surface area contributed by atoms with Gasteiger partial charge in [-0.25, -0.2) is 0 Å². The molecular formula is C10H9F3N2O. The molecule has 86 valence electrons. The summed E-state index contributed by atoms with van der Waals surface area (Å²) in [5.41, 5.74) is -0.878. The molecule has 3 nitrogen and oxygen atoms in total. The van der Waals surface area contributed by atoms with Gasteiger partial charge in [-0.05, 0) is 12.1 Å². The number of carbonyl (C=O) groups is 1. The van der Waals surface area contributed by atoms with E-state index in [1.54, 1.807) is 0 Å². The van der Waals surface area contributed by atoms with E-state index in [0.29, 0.717) is 0 Å². The predicted molar refractivity (Wildman–Crippen MR) is 51.3 cm³/mol. The van der Waals surface area contributed by atoms with E-state index < -0.39 is 17.6 Å². The Hall–Kier alpha value is -1.85. The third-order valence-electron chi connectivity index (χ3n) is 1.85. The number of pyridine rings is 1. The highest BCUT2D eigenvalue weighted by Crippen LogP contribution is 2.31. The molecule has 1 aromatic heterocycles. The van der Waals surface area contributed by atoms with Gasteiger partial charge in [0.1, 0.15) is 0 Å². The molecule has 0 spiro atoms. The fourth-order valence-electron chi connectivity index (χ4n) is 1.10. The van der Waals surface area contributed by atoms with Crippen LogP contribution in [-0.4, -0.2) is 10.9 Å². The fraction of sp³-hybridized carbons (Fsp3) is 0.200. The highest BCUT2D eigenvalue weighted by atomic mass is 19.4. The van der Waals surface area contributed by atoms with Crippen LogP contribution >= 0.6 is 0 Å². The van der Waals surface area contributed by atoms with Crippen LogP contribution in [-0.2, 0) is 17.5 Å². The zero-order valence-corrected chi connectivity index (χ0v) is 8.21. The van der Waals surface area contributed by atoms with Crippen molar-refractivity contribution in [3.05, 3.63) is 42.2 Å². The highest BCUT2D eigenvalue weighted by molar-refractivity contribution is 5.86. The molecule has 0 atom stereocenters. The Morgan fingerprint density at radius 1 is 1.56 bits per heavy atom. The summed E-state index contributed by atoms with van der Waals surface area (Å²) < 4.78 is 37.5. The second-order valence-corrected chi connectivity index (χ2v) is 2.95. The van der Waals surface area contributed by atoms with E-state index in [0.717, 1.165) is 24.5 Å². The molecule has 0 bridgehead atoms. The summed E-state index contributed by atoms with van der Waals surface area (Å²) >= 11 is 0. The zero-order chi connectivity index (χ0) is 12.2. The molecule has 0 radical (unpaired) electrons. The minimum atomic E-state index is -4.45. The number of halogens is 3. The number of rotatable bonds is 3. The van der Waals surface area contributed by atoms with Crippen LogP contribution in [0.2, 0.25) is 0 Å². The molecule has 1 aromatic rings. The molecule has 1 amide bonds. The van der Waals surface area contributed by atoms with E-state index in [4.69, 9.17) is 0 Å². The second kappa shape index (κ2) is 4.78. The number of aromatic nitrogens is 1. The van der Waals surface area contributed by atoms with Gasteiger partial charge in [-0.1, -0.05) is 6.58 Å². The number of amides is 1. The zero-order valence-electron chi connectivity index (χ0n) is 8.21. The summed E-state index contributed by atoms with van der Waals surface area (Å²) in [5.74, 6) is -0.531. The average molecular weight is 230 g/mol. The molecule has 6 heteroatoms. The quantitative estimate of drug-likeness (QED) is 0.806. The lowest BCUT2D eigenvalue weighted by molar-refractivity contribution is -0.138. The number of carbonyl (C=O) groups excluding carboxylic acids is 1. The Kier molecular flexibility index (Phi) is 3.65. The highest BCUT2D eigenvalue weighted by Gasteiger charge is 2.33. The molecule has 0 aliphatic carbocycles. The van der Waals surface area contributed by atoms with Crippen LogP contribution < -0.4 is 5.32 Å². The van der Waals surface area contributed by atoms with Crippen molar-refractivity contribution in [2.75, 3.05) is 0 Å². The Bertz CT molecular complexity index is 401. The maximum absolute atomic E-state index is 12.5. The molecule has 0 aliphatic heterocycles. The van der Waals surface area contributed by atoms with Crippen LogP contribution in [0, 0.1) is 0 Å². The minimum absolute atomic E-state index is 0.0785. The van der Waals surface area contributed by atoms with Crippen LogP contribution in [0.5, 0.6) is 0 Å². The van der Waals surface area contributed by atoms with E-state index in [-0.39, 0.29) is 12.1 Å².